The van der Waals surface area contributed by atoms with Crippen LogP contribution in [0.5, 0.6) is 5.75 Å². The van der Waals surface area contributed by atoms with E-state index in [9.17, 15) is 23.3 Å². The molecule has 0 fully saturated rings. The highest BCUT2D eigenvalue weighted by atomic mass is 19.4. The standard InChI is InChI=1S/C13H17F3N2O3/c1-9(2)21-12-8-10(4-5-11(12)18(19)20)17-7-3-6-13(14,15)16/h4-5,8-9,17H,3,6-7H2,1-2H3. The molecule has 0 saturated carbocycles. The van der Waals surface area contributed by atoms with Crippen LogP contribution in [0.3, 0.4) is 0 Å². The highest BCUT2D eigenvalue weighted by Crippen LogP contribution is 2.31. The molecular weight excluding hydrogens is 289 g/mol. The number of nitrogens with zero attached hydrogens (tertiary/aromatic N) is 1. The molecule has 0 saturated heterocycles. The molecule has 0 bridgehead atoms. The van der Waals surface area contributed by atoms with Gasteiger partial charge < -0.3 is 10.1 Å². The summed E-state index contributed by atoms with van der Waals surface area (Å²) in [6, 6.07) is 4.13. The van der Waals surface area contributed by atoms with E-state index in [1.54, 1.807) is 13.8 Å². The number of hydrogen-bond donors (Lipinski definition) is 1. The molecule has 0 aromatic heterocycles. The Kier molecular flexibility index (Phi) is 5.80. The first kappa shape index (κ1) is 17.1. The van der Waals surface area contributed by atoms with Gasteiger partial charge in [0.2, 0.25) is 0 Å². The first-order valence-electron chi connectivity index (χ1n) is 6.45. The third-order valence-electron chi connectivity index (χ3n) is 2.49. The molecule has 0 spiro atoms. The molecule has 21 heavy (non-hydrogen) atoms. The lowest BCUT2D eigenvalue weighted by atomic mass is 10.2. The van der Waals surface area contributed by atoms with Crippen molar-refractivity contribution < 1.29 is 22.8 Å². The minimum atomic E-state index is -4.18. The van der Waals surface area contributed by atoms with Crippen molar-refractivity contribution in [3.8, 4) is 5.75 Å². The van der Waals surface area contributed by atoms with Crippen molar-refractivity contribution in [2.45, 2.75) is 39.0 Å². The molecule has 8 heteroatoms. The van der Waals surface area contributed by atoms with Crippen molar-refractivity contribution in [1.82, 2.24) is 0 Å². The summed E-state index contributed by atoms with van der Waals surface area (Å²) in [4.78, 5) is 10.3. The lowest BCUT2D eigenvalue weighted by Crippen LogP contribution is -2.11. The monoisotopic (exact) mass is 306 g/mol. The average Bonchev–Trinajstić information content (AvgIpc) is 2.32. The number of nitro groups is 1. The Labute approximate surface area is 120 Å². The van der Waals surface area contributed by atoms with Crippen LogP contribution in [0.25, 0.3) is 0 Å². The Morgan fingerprint density at radius 2 is 2.05 bits per heavy atom. The van der Waals surface area contributed by atoms with Crippen molar-refractivity contribution in [2.24, 2.45) is 0 Å². The zero-order valence-corrected chi connectivity index (χ0v) is 11.7. The smallest absolute Gasteiger partial charge is 0.389 e. The molecule has 0 unspecified atom stereocenters. The van der Waals surface area contributed by atoms with Crippen molar-refractivity contribution in [3.05, 3.63) is 28.3 Å². The molecule has 0 aliphatic rings. The zero-order chi connectivity index (χ0) is 16.0. The van der Waals surface area contributed by atoms with E-state index in [0.29, 0.717) is 5.69 Å². The van der Waals surface area contributed by atoms with Crippen molar-refractivity contribution in [1.29, 1.82) is 0 Å². The summed E-state index contributed by atoms with van der Waals surface area (Å²) in [5.41, 5.74) is 0.308. The Morgan fingerprint density at radius 1 is 1.38 bits per heavy atom. The van der Waals surface area contributed by atoms with Gasteiger partial charge in [-0.1, -0.05) is 0 Å². The van der Waals surface area contributed by atoms with Gasteiger partial charge in [-0.25, -0.2) is 0 Å². The van der Waals surface area contributed by atoms with Crippen LogP contribution in [-0.2, 0) is 0 Å². The van der Waals surface area contributed by atoms with Gasteiger partial charge in [-0.05, 0) is 26.3 Å². The van der Waals surface area contributed by atoms with Crippen LogP contribution < -0.4 is 10.1 Å². The molecule has 0 aliphatic heterocycles. The van der Waals surface area contributed by atoms with Crippen molar-refractivity contribution >= 4 is 11.4 Å². The highest BCUT2D eigenvalue weighted by Gasteiger charge is 2.25. The molecule has 1 aromatic rings. The van der Waals surface area contributed by atoms with Gasteiger partial charge in [0.15, 0.2) is 5.75 Å². The summed E-state index contributed by atoms with van der Waals surface area (Å²) < 4.78 is 41.4. The first-order valence-corrected chi connectivity index (χ1v) is 6.45. The van der Waals surface area contributed by atoms with Crippen LogP contribution in [0.15, 0.2) is 18.2 Å². The van der Waals surface area contributed by atoms with E-state index in [1.807, 2.05) is 0 Å². The van der Waals surface area contributed by atoms with Crippen LogP contribution >= 0.6 is 0 Å². The Balaban J connectivity index is 2.69. The average molecular weight is 306 g/mol. The second-order valence-electron chi connectivity index (χ2n) is 4.75. The number of nitrogens with one attached hydrogen (secondary N) is 1. The van der Waals surface area contributed by atoms with E-state index in [0.717, 1.165) is 0 Å². The number of halogens is 3. The zero-order valence-electron chi connectivity index (χ0n) is 11.7. The third-order valence-corrected chi connectivity index (χ3v) is 2.49. The topological polar surface area (TPSA) is 64.4 Å². The summed E-state index contributed by atoms with van der Waals surface area (Å²) >= 11 is 0. The maximum atomic E-state index is 12.0. The molecule has 0 atom stereocenters. The second kappa shape index (κ2) is 7.14. The van der Waals surface area contributed by atoms with Gasteiger partial charge in [-0.2, -0.15) is 13.2 Å². The fourth-order valence-corrected chi connectivity index (χ4v) is 1.64. The Morgan fingerprint density at radius 3 is 2.57 bits per heavy atom. The molecule has 1 N–H and O–H groups in total. The minimum Gasteiger partial charge on any atom is -0.484 e. The van der Waals surface area contributed by atoms with Crippen LogP contribution in [0, 0.1) is 10.1 Å². The van der Waals surface area contributed by atoms with Gasteiger partial charge in [-0.3, -0.25) is 10.1 Å². The van der Waals surface area contributed by atoms with E-state index < -0.39 is 17.5 Å². The number of ether oxygens (including phenoxy) is 1. The Hall–Kier alpha value is -1.99. The molecule has 0 heterocycles. The molecule has 1 rings (SSSR count). The van der Waals surface area contributed by atoms with Gasteiger partial charge in [0.05, 0.1) is 11.0 Å². The molecule has 0 amide bonds. The van der Waals surface area contributed by atoms with Crippen molar-refractivity contribution in [3.63, 3.8) is 0 Å². The van der Waals surface area contributed by atoms with Crippen LogP contribution in [-0.4, -0.2) is 23.7 Å². The molecular formula is C13H17F3N2O3. The molecule has 5 nitrogen and oxygen atoms in total. The molecule has 0 aliphatic carbocycles. The van der Waals surface area contributed by atoms with Crippen molar-refractivity contribution in [2.75, 3.05) is 11.9 Å². The largest absolute Gasteiger partial charge is 0.484 e. The van der Waals surface area contributed by atoms with Gasteiger partial charge in [0.1, 0.15) is 0 Å². The molecule has 1 aromatic carbocycles. The summed E-state index contributed by atoms with van der Waals surface area (Å²) in [7, 11) is 0. The SMILES string of the molecule is CC(C)Oc1cc(NCCCC(F)(F)F)ccc1[N+](=O)[O-]. The summed E-state index contributed by atoms with van der Waals surface area (Å²) in [6.45, 7) is 3.58. The Bertz CT molecular complexity index is 490. The number of benzene rings is 1. The number of rotatable bonds is 7. The number of nitro benzene ring substituents is 1. The molecule has 118 valence electrons. The predicted molar refractivity (Wildman–Crippen MR) is 72.6 cm³/mol. The van der Waals surface area contributed by atoms with Gasteiger partial charge in [0.25, 0.3) is 0 Å². The normalized spacial score (nSPS) is 11.5. The van der Waals surface area contributed by atoms with E-state index in [1.165, 1.54) is 18.2 Å². The summed E-state index contributed by atoms with van der Waals surface area (Å²) in [6.07, 6.45) is -5.36. The maximum absolute atomic E-state index is 12.0. The van der Waals surface area contributed by atoms with Gasteiger partial charge >= 0.3 is 11.9 Å². The summed E-state index contributed by atoms with van der Waals surface area (Å²) in [5, 5.41) is 13.7. The second-order valence-corrected chi connectivity index (χ2v) is 4.75. The molecule has 0 radical (unpaired) electrons. The van der Waals surface area contributed by atoms with E-state index in [2.05, 4.69) is 5.32 Å². The van der Waals surface area contributed by atoms with Crippen LogP contribution in [0.2, 0.25) is 0 Å². The quantitative estimate of drug-likeness (QED) is 0.467. The van der Waals surface area contributed by atoms with E-state index in [-0.39, 0.29) is 30.5 Å². The van der Waals surface area contributed by atoms with Gasteiger partial charge in [0, 0.05) is 30.8 Å². The van der Waals surface area contributed by atoms with E-state index >= 15 is 0 Å². The lowest BCUT2D eigenvalue weighted by Gasteiger charge is -2.13. The minimum absolute atomic E-state index is 0.0686. The fraction of sp³-hybridized carbons (Fsp3) is 0.538. The van der Waals surface area contributed by atoms with Gasteiger partial charge in [-0.15, -0.1) is 0 Å². The number of hydrogen-bond acceptors (Lipinski definition) is 4. The lowest BCUT2D eigenvalue weighted by molar-refractivity contribution is -0.386. The van der Waals surface area contributed by atoms with E-state index in [4.69, 9.17) is 4.74 Å². The fourth-order valence-electron chi connectivity index (χ4n) is 1.64. The predicted octanol–water partition coefficient (Wildman–Crippen LogP) is 4.14. The van der Waals surface area contributed by atoms with Crippen LogP contribution in [0.4, 0.5) is 24.5 Å². The first-order chi connectivity index (χ1) is 9.69. The number of anilines is 1. The summed E-state index contributed by atoms with van der Waals surface area (Å²) in [5.74, 6) is 0.0934. The maximum Gasteiger partial charge on any atom is 0.389 e. The third kappa shape index (κ3) is 6.33. The highest BCUT2D eigenvalue weighted by molar-refractivity contribution is 5.58. The van der Waals surface area contributed by atoms with Crippen LogP contribution in [0.1, 0.15) is 26.7 Å². The number of alkyl halides is 3.